The Bertz CT molecular complexity index is 582. The molecule has 10 heteroatoms. The molecule has 10 nitrogen and oxygen atoms in total. The molecule has 1 heterocycles. The van der Waals surface area contributed by atoms with Crippen molar-refractivity contribution in [3.8, 4) is 0 Å². The zero-order valence-electron chi connectivity index (χ0n) is 17.2. The molecule has 0 aromatic heterocycles. The summed E-state index contributed by atoms with van der Waals surface area (Å²) in [6.45, 7) is 5.73. The number of amides is 3. The van der Waals surface area contributed by atoms with Crippen LogP contribution >= 0.6 is 0 Å². The van der Waals surface area contributed by atoms with E-state index in [0.29, 0.717) is 0 Å². The molecule has 1 fully saturated rings. The summed E-state index contributed by atoms with van der Waals surface area (Å²) in [4.78, 5) is 51.9. The van der Waals surface area contributed by atoms with Crippen molar-refractivity contribution in [1.82, 2.24) is 20.4 Å². The standard InChI is InChI=1S/C18H32N4O6/c1-11(2)15(20-16(24)12(3)19-4)17(25)22-8-7-21(10-13(22)18(26)27)14(23)6-9-28-5/h11-13,15,19H,6-10H2,1-5H3,(H,20,24)(H,26,27)/t12-,13-,15-/m0/s1. The Labute approximate surface area is 165 Å². The minimum Gasteiger partial charge on any atom is -0.480 e. The van der Waals surface area contributed by atoms with Crippen LogP contribution in [0.5, 0.6) is 0 Å². The predicted molar refractivity (Wildman–Crippen MR) is 102 cm³/mol. The van der Waals surface area contributed by atoms with Crippen LogP contribution in [0.2, 0.25) is 0 Å². The van der Waals surface area contributed by atoms with Gasteiger partial charge >= 0.3 is 5.97 Å². The van der Waals surface area contributed by atoms with Crippen LogP contribution < -0.4 is 10.6 Å². The van der Waals surface area contributed by atoms with Crippen LogP contribution in [0.25, 0.3) is 0 Å². The van der Waals surface area contributed by atoms with Gasteiger partial charge in [-0.05, 0) is 19.9 Å². The van der Waals surface area contributed by atoms with Gasteiger partial charge in [0.2, 0.25) is 17.7 Å². The maximum atomic E-state index is 13.1. The van der Waals surface area contributed by atoms with Crippen molar-refractivity contribution >= 4 is 23.7 Å². The van der Waals surface area contributed by atoms with E-state index in [1.807, 2.05) is 0 Å². The molecule has 1 saturated heterocycles. The van der Waals surface area contributed by atoms with Crippen LogP contribution in [-0.4, -0.2) is 97.1 Å². The largest absolute Gasteiger partial charge is 0.480 e. The van der Waals surface area contributed by atoms with E-state index >= 15 is 0 Å². The molecule has 3 N–H and O–H groups in total. The van der Waals surface area contributed by atoms with Crippen LogP contribution in [0.15, 0.2) is 0 Å². The van der Waals surface area contributed by atoms with Gasteiger partial charge in [-0.1, -0.05) is 13.8 Å². The van der Waals surface area contributed by atoms with Crippen molar-refractivity contribution in [3.63, 3.8) is 0 Å². The average molecular weight is 400 g/mol. The SMILES string of the molecule is CN[C@@H](C)C(=O)N[C@H](C(=O)N1CCN(C(=O)CCOC)C[C@H]1C(=O)O)C(C)C. The van der Waals surface area contributed by atoms with Crippen LogP contribution in [0, 0.1) is 5.92 Å². The molecule has 0 aromatic carbocycles. The number of hydrogen-bond donors (Lipinski definition) is 3. The zero-order chi connectivity index (χ0) is 21.4. The lowest BCUT2D eigenvalue weighted by Gasteiger charge is -2.41. The van der Waals surface area contributed by atoms with E-state index in [-0.39, 0.29) is 50.4 Å². The summed E-state index contributed by atoms with van der Waals surface area (Å²) in [5.74, 6) is -2.42. The second-order valence-corrected chi connectivity index (χ2v) is 7.21. The summed E-state index contributed by atoms with van der Waals surface area (Å²) in [7, 11) is 3.12. The summed E-state index contributed by atoms with van der Waals surface area (Å²) in [5, 5.41) is 15.1. The smallest absolute Gasteiger partial charge is 0.328 e. The van der Waals surface area contributed by atoms with Gasteiger partial charge in [-0.3, -0.25) is 14.4 Å². The predicted octanol–water partition coefficient (Wildman–Crippen LogP) is -1.10. The molecular weight excluding hydrogens is 368 g/mol. The summed E-state index contributed by atoms with van der Waals surface area (Å²) in [6, 6.07) is -2.49. The van der Waals surface area contributed by atoms with Crippen molar-refractivity contribution in [2.24, 2.45) is 5.92 Å². The van der Waals surface area contributed by atoms with Gasteiger partial charge in [-0.25, -0.2) is 4.79 Å². The Morgan fingerprint density at radius 3 is 2.32 bits per heavy atom. The molecule has 0 unspecified atom stereocenters. The molecule has 0 radical (unpaired) electrons. The first-order chi connectivity index (χ1) is 13.1. The summed E-state index contributed by atoms with van der Waals surface area (Å²) in [6.07, 6.45) is 0.156. The topological polar surface area (TPSA) is 128 Å². The molecule has 0 aliphatic carbocycles. The van der Waals surface area contributed by atoms with Crippen LogP contribution in [0.4, 0.5) is 0 Å². The Hall–Kier alpha value is -2.20. The number of carboxylic acid groups (broad SMARTS) is 1. The lowest BCUT2D eigenvalue weighted by Crippen LogP contribution is -2.64. The lowest BCUT2D eigenvalue weighted by molar-refractivity contribution is -0.158. The van der Waals surface area contributed by atoms with Gasteiger partial charge in [-0.15, -0.1) is 0 Å². The van der Waals surface area contributed by atoms with Gasteiger partial charge in [-0.2, -0.15) is 0 Å². The fourth-order valence-electron chi connectivity index (χ4n) is 2.93. The number of likely N-dealkylation sites (N-methyl/N-ethyl adjacent to an activating group) is 1. The second kappa shape index (κ2) is 11.0. The quantitative estimate of drug-likeness (QED) is 0.448. The maximum Gasteiger partial charge on any atom is 0.328 e. The zero-order valence-corrected chi connectivity index (χ0v) is 17.2. The van der Waals surface area contributed by atoms with Crippen molar-refractivity contribution < 1.29 is 29.0 Å². The maximum absolute atomic E-state index is 13.1. The summed E-state index contributed by atoms with van der Waals surface area (Å²) >= 11 is 0. The normalized spacial score (nSPS) is 19.3. The molecule has 1 rings (SSSR count). The monoisotopic (exact) mass is 400 g/mol. The molecular formula is C18H32N4O6. The Kier molecular flexibility index (Phi) is 9.33. The minimum atomic E-state index is -1.19. The van der Waals surface area contributed by atoms with Crippen molar-refractivity contribution in [2.45, 2.75) is 45.3 Å². The molecule has 28 heavy (non-hydrogen) atoms. The van der Waals surface area contributed by atoms with Crippen LogP contribution in [0.1, 0.15) is 27.2 Å². The summed E-state index contributed by atoms with van der Waals surface area (Å²) < 4.78 is 4.89. The molecule has 3 amide bonds. The molecule has 1 aliphatic heterocycles. The van der Waals surface area contributed by atoms with Crippen molar-refractivity contribution in [3.05, 3.63) is 0 Å². The third-order valence-electron chi connectivity index (χ3n) is 4.88. The van der Waals surface area contributed by atoms with Gasteiger partial charge < -0.3 is 30.3 Å². The molecule has 0 bridgehead atoms. The Morgan fingerprint density at radius 1 is 1.18 bits per heavy atom. The molecule has 0 aromatic rings. The number of nitrogens with one attached hydrogen (secondary N) is 2. The fourth-order valence-corrected chi connectivity index (χ4v) is 2.93. The van der Waals surface area contributed by atoms with E-state index in [9.17, 15) is 24.3 Å². The number of carbonyl (C=O) groups excluding carboxylic acids is 3. The van der Waals surface area contributed by atoms with Crippen LogP contribution in [-0.2, 0) is 23.9 Å². The number of piperazine rings is 1. The third-order valence-corrected chi connectivity index (χ3v) is 4.88. The van der Waals surface area contributed by atoms with E-state index in [2.05, 4.69) is 10.6 Å². The van der Waals surface area contributed by atoms with E-state index in [4.69, 9.17) is 4.74 Å². The fraction of sp³-hybridized carbons (Fsp3) is 0.778. The number of hydrogen-bond acceptors (Lipinski definition) is 6. The van der Waals surface area contributed by atoms with E-state index < -0.39 is 30.0 Å². The first-order valence-electron chi connectivity index (χ1n) is 9.41. The Balaban J connectivity index is 2.93. The molecule has 0 saturated carbocycles. The summed E-state index contributed by atoms with van der Waals surface area (Å²) in [5.41, 5.74) is 0. The highest BCUT2D eigenvalue weighted by Crippen LogP contribution is 2.16. The van der Waals surface area contributed by atoms with E-state index in [1.54, 1.807) is 27.8 Å². The van der Waals surface area contributed by atoms with Gasteiger partial charge in [0.25, 0.3) is 0 Å². The number of carbonyl (C=O) groups is 4. The average Bonchev–Trinajstić information content (AvgIpc) is 2.67. The van der Waals surface area contributed by atoms with E-state index in [0.717, 1.165) is 0 Å². The number of aliphatic carboxylic acids is 1. The third kappa shape index (κ3) is 6.16. The highest BCUT2D eigenvalue weighted by molar-refractivity contribution is 5.92. The van der Waals surface area contributed by atoms with Gasteiger partial charge in [0, 0.05) is 20.2 Å². The van der Waals surface area contributed by atoms with Gasteiger partial charge in [0.1, 0.15) is 12.1 Å². The molecule has 0 spiro atoms. The van der Waals surface area contributed by atoms with Crippen molar-refractivity contribution in [2.75, 3.05) is 40.4 Å². The first-order valence-corrected chi connectivity index (χ1v) is 9.41. The second-order valence-electron chi connectivity index (χ2n) is 7.21. The van der Waals surface area contributed by atoms with Gasteiger partial charge in [0.05, 0.1) is 25.6 Å². The number of nitrogens with zero attached hydrogens (tertiary/aromatic N) is 2. The van der Waals surface area contributed by atoms with Crippen LogP contribution in [0.3, 0.4) is 0 Å². The van der Waals surface area contributed by atoms with E-state index in [1.165, 1.54) is 16.9 Å². The molecule has 160 valence electrons. The first kappa shape index (κ1) is 23.8. The molecule has 3 atom stereocenters. The highest BCUT2D eigenvalue weighted by atomic mass is 16.5. The molecule has 1 aliphatic rings. The number of rotatable bonds is 9. The highest BCUT2D eigenvalue weighted by Gasteiger charge is 2.40. The van der Waals surface area contributed by atoms with Crippen molar-refractivity contribution in [1.29, 1.82) is 0 Å². The Morgan fingerprint density at radius 2 is 1.82 bits per heavy atom. The minimum absolute atomic E-state index is 0.0880. The number of carboxylic acids is 1. The van der Waals surface area contributed by atoms with Gasteiger partial charge in [0.15, 0.2) is 0 Å². The lowest BCUT2D eigenvalue weighted by atomic mass is 10.00. The number of methoxy groups -OCH3 is 1. The number of ether oxygens (including phenoxy) is 1.